The highest BCUT2D eigenvalue weighted by Gasteiger charge is 2.27. The fourth-order valence-electron chi connectivity index (χ4n) is 2.98. The molecule has 0 aliphatic heterocycles. The number of aryl methyl sites for hydroxylation is 3. The minimum absolute atomic E-state index is 0.402. The molecule has 18 heavy (non-hydrogen) atoms. The van der Waals surface area contributed by atoms with Crippen LogP contribution in [0.5, 0.6) is 0 Å². The number of pyridine rings is 1. The molecule has 0 saturated heterocycles. The Bertz CT molecular complexity index is 398. The molecule has 0 bridgehead atoms. The van der Waals surface area contributed by atoms with Crippen LogP contribution < -0.4 is 5.32 Å². The van der Waals surface area contributed by atoms with Crippen molar-refractivity contribution in [1.29, 1.82) is 0 Å². The zero-order valence-corrected chi connectivity index (χ0v) is 12.4. The maximum atomic E-state index is 4.59. The van der Waals surface area contributed by atoms with E-state index in [0.717, 1.165) is 24.1 Å². The molecule has 2 nitrogen and oxygen atoms in total. The average Bonchev–Trinajstić information content (AvgIpc) is 3.07. The Labute approximate surface area is 111 Å². The van der Waals surface area contributed by atoms with Gasteiger partial charge in [0.2, 0.25) is 0 Å². The lowest BCUT2D eigenvalue weighted by molar-refractivity contribution is 0.430. The van der Waals surface area contributed by atoms with Crippen molar-refractivity contribution in [2.45, 2.75) is 53.5 Å². The first-order valence-electron chi connectivity index (χ1n) is 7.17. The summed E-state index contributed by atoms with van der Waals surface area (Å²) in [4.78, 5) is 4.59. The molecule has 2 rings (SSSR count). The lowest BCUT2D eigenvalue weighted by Crippen LogP contribution is -2.26. The smallest absolute Gasteiger partial charge is 0.0426 e. The number of nitrogens with one attached hydrogen (secondary N) is 1. The van der Waals surface area contributed by atoms with Gasteiger partial charge in [0, 0.05) is 17.4 Å². The summed E-state index contributed by atoms with van der Waals surface area (Å²) in [5, 5.41) is 3.68. The monoisotopic (exact) mass is 246 g/mol. The van der Waals surface area contributed by atoms with Gasteiger partial charge in [-0.2, -0.15) is 0 Å². The Kier molecular flexibility index (Phi) is 4.06. The average molecular weight is 246 g/mol. The molecule has 1 aliphatic carbocycles. The maximum Gasteiger partial charge on any atom is 0.0426 e. The van der Waals surface area contributed by atoms with E-state index in [-0.39, 0.29) is 0 Å². The van der Waals surface area contributed by atoms with Crippen LogP contribution in [0.3, 0.4) is 0 Å². The zero-order chi connectivity index (χ0) is 13.3. The van der Waals surface area contributed by atoms with E-state index in [1.807, 2.05) is 0 Å². The van der Waals surface area contributed by atoms with Crippen molar-refractivity contribution in [2.75, 3.05) is 6.54 Å². The SMILES string of the molecule is Cc1cc(C)c(C(C)NCC(C)C2CC2)c(C)n1. The predicted octanol–water partition coefficient (Wildman–Crippen LogP) is 3.70. The number of aromatic nitrogens is 1. The van der Waals surface area contributed by atoms with Crippen LogP contribution in [0.25, 0.3) is 0 Å². The molecule has 1 fully saturated rings. The summed E-state index contributed by atoms with van der Waals surface area (Å²) in [7, 11) is 0. The van der Waals surface area contributed by atoms with Gasteiger partial charge in [-0.25, -0.2) is 0 Å². The third kappa shape index (κ3) is 3.11. The molecule has 0 spiro atoms. The predicted molar refractivity (Wildman–Crippen MR) is 76.8 cm³/mol. The fourth-order valence-corrected chi connectivity index (χ4v) is 2.98. The standard InChI is InChI=1S/C16H26N2/c1-10-8-12(3)18-14(5)16(10)13(4)17-9-11(2)15-6-7-15/h8,11,13,15,17H,6-7,9H2,1-5H3. The first-order chi connectivity index (χ1) is 8.49. The molecule has 1 aromatic rings. The first kappa shape index (κ1) is 13.5. The maximum absolute atomic E-state index is 4.59. The Hall–Kier alpha value is -0.890. The Balaban J connectivity index is 2.01. The summed E-state index contributed by atoms with van der Waals surface area (Å²) in [6.45, 7) is 12.1. The number of nitrogens with zero attached hydrogens (tertiary/aromatic N) is 1. The number of rotatable bonds is 5. The minimum atomic E-state index is 0.402. The van der Waals surface area contributed by atoms with Crippen molar-refractivity contribution < 1.29 is 0 Å². The van der Waals surface area contributed by atoms with Crippen LogP contribution in [0.2, 0.25) is 0 Å². The van der Waals surface area contributed by atoms with Crippen molar-refractivity contribution in [3.8, 4) is 0 Å². The molecule has 0 amide bonds. The molecule has 0 radical (unpaired) electrons. The van der Waals surface area contributed by atoms with Crippen molar-refractivity contribution in [3.63, 3.8) is 0 Å². The number of hydrogen-bond acceptors (Lipinski definition) is 2. The van der Waals surface area contributed by atoms with E-state index in [1.165, 1.54) is 29.7 Å². The van der Waals surface area contributed by atoms with E-state index >= 15 is 0 Å². The van der Waals surface area contributed by atoms with Gasteiger partial charge < -0.3 is 5.32 Å². The largest absolute Gasteiger partial charge is 0.310 e. The van der Waals surface area contributed by atoms with Gasteiger partial charge in [-0.15, -0.1) is 0 Å². The van der Waals surface area contributed by atoms with E-state index in [4.69, 9.17) is 0 Å². The second-order valence-corrected chi connectivity index (χ2v) is 6.02. The van der Waals surface area contributed by atoms with Gasteiger partial charge in [0.1, 0.15) is 0 Å². The second kappa shape index (κ2) is 5.40. The van der Waals surface area contributed by atoms with Gasteiger partial charge in [-0.1, -0.05) is 6.92 Å². The molecule has 1 saturated carbocycles. The van der Waals surface area contributed by atoms with E-state index in [1.54, 1.807) is 0 Å². The van der Waals surface area contributed by atoms with Gasteiger partial charge in [0.15, 0.2) is 0 Å². The van der Waals surface area contributed by atoms with E-state index in [0.29, 0.717) is 6.04 Å². The molecule has 1 heterocycles. The lowest BCUT2D eigenvalue weighted by atomic mass is 9.99. The van der Waals surface area contributed by atoms with Crippen LogP contribution in [0.1, 0.15) is 55.2 Å². The van der Waals surface area contributed by atoms with Gasteiger partial charge in [-0.05, 0) is 76.1 Å². The third-order valence-corrected chi connectivity index (χ3v) is 4.19. The topological polar surface area (TPSA) is 24.9 Å². The Morgan fingerprint density at radius 1 is 1.28 bits per heavy atom. The van der Waals surface area contributed by atoms with Crippen LogP contribution in [0.4, 0.5) is 0 Å². The summed E-state index contributed by atoms with van der Waals surface area (Å²) in [6.07, 6.45) is 2.86. The molecular formula is C16H26N2. The Morgan fingerprint density at radius 3 is 2.50 bits per heavy atom. The van der Waals surface area contributed by atoms with Crippen molar-refractivity contribution in [2.24, 2.45) is 11.8 Å². The van der Waals surface area contributed by atoms with E-state index in [9.17, 15) is 0 Å². The summed E-state index contributed by atoms with van der Waals surface area (Å²) in [5.74, 6) is 1.79. The molecule has 2 unspecified atom stereocenters. The first-order valence-corrected chi connectivity index (χ1v) is 7.17. The van der Waals surface area contributed by atoms with Gasteiger partial charge >= 0.3 is 0 Å². The Morgan fingerprint density at radius 2 is 1.94 bits per heavy atom. The zero-order valence-electron chi connectivity index (χ0n) is 12.4. The molecular weight excluding hydrogens is 220 g/mol. The van der Waals surface area contributed by atoms with Gasteiger partial charge in [-0.3, -0.25) is 4.98 Å². The lowest BCUT2D eigenvalue weighted by Gasteiger charge is -2.21. The molecule has 2 heteroatoms. The van der Waals surface area contributed by atoms with E-state index in [2.05, 4.69) is 51.0 Å². The molecule has 0 aromatic carbocycles. The van der Waals surface area contributed by atoms with Crippen LogP contribution >= 0.6 is 0 Å². The second-order valence-electron chi connectivity index (χ2n) is 6.02. The number of hydrogen-bond donors (Lipinski definition) is 1. The van der Waals surface area contributed by atoms with Crippen LogP contribution in [-0.2, 0) is 0 Å². The summed E-state index contributed by atoms with van der Waals surface area (Å²) in [6, 6.07) is 2.59. The van der Waals surface area contributed by atoms with Crippen molar-refractivity contribution in [1.82, 2.24) is 10.3 Å². The third-order valence-electron chi connectivity index (χ3n) is 4.19. The van der Waals surface area contributed by atoms with Gasteiger partial charge in [0.25, 0.3) is 0 Å². The summed E-state index contributed by atoms with van der Waals surface area (Å²) >= 11 is 0. The molecule has 1 aromatic heterocycles. The van der Waals surface area contributed by atoms with Crippen molar-refractivity contribution in [3.05, 3.63) is 28.6 Å². The van der Waals surface area contributed by atoms with Gasteiger partial charge in [0.05, 0.1) is 0 Å². The molecule has 1 N–H and O–H groups in total. The van der Waals surface area contributed by atoms with E-state index < -0.39 is 0 Å². The normalized spacial score (nSPS) is 18.7. The fraction of sp³-hybridized carbons (Fsp3) is 0.688. The van der Waals surface area contributed by atoms with Crippen molar-refractivity contribution >= 4 is 0 Å². The highest BCUT2D eigenvalue weighted by atomic mass is 14.9. The molecule has 100 valence electrons. The van der Waals surface area contributed by atoms with Crippen LogP contribution in [0, 0.1) is 32.6 Å². The molecule has 2 atom stereocenters. The highest BCUT2D eigenvalue weighted by molar-refractivity contribution is 5.33. The summed E-state index contributed by atoms with van der Waals surface area (Å²) in [5.41, 5.74) is 5.03. The van der Waals surface area contributed by atoms with Crippen LogP contribution in [0.15, 0.2) is 6.07 Å². The minimum Gasteiger partial charge on any atom is -0.310 e. The quantitative estimate of drug-likeness (QED) is 0.857. The van der Waals surface area contributed by atoms with Crippen LogP contribution in [-0.4, -0.2) is 11.5 Å². The highest BCUT2D eigenvalue weighted by Crippen LogP contribution is 2.36. The summed E-state index contributed by atoms with van der Waals surface area (Å²) < 4.78 is 0. The molecule has 1 aliphatic rings.